The molecule has 7 nitrogen and oxygen atoms in total. The van der Waals surface area contributed by atoms with Crippen LogP contribution in [0.15, 0.2) is 0 Å². The quantitative estimate of drug-likeness (QED) is 0.770. The van der Waals surface area contributed by atoms with Crippen molar-refractivity contribution in [3.05, 3.63) is 11.4 Å². The molecule has 0 fully saturated rings. The van der Waals surface area contributed by atoms with E-state index in [0.29, 0.717) is 12.1 Å². The van der Waals surface area contributed by atoms with Gasteiger partial charge in [-0.3, -0.25) is 4.79 Å². The van der Waals surface area contributed by atoms with Gasteiger partial charge in [0.15, 0.2) is 5.69 Å². The van der Waals surface area contributed by atoms with Crippen LogP contribution in [0.1, 0.15) is 62.8 Å². The van der Waals surface area contributed by atoms with Gasteiger partial charge in [0.05, 0.1) is 12.8 Å². The van der Waals surface area contributed by atoms with Gasteiger partial charge < -0.3 is 10.1 Å². The Morgan fingerprint density at radius 2 is 1.90 bits per heavy atom. The summed E-state index contributed by atoms with van der Waals surface area (Å²) in [5.74, 6) is -0.662. The van der Waals surface area contributed by atoms with Crippen molar-refractivity contribution in [1.29, 1.82) is 0 Å². The summed E-state index contributed by atoms with van der Waals surface area (Å²) < 4.78 is 6.17. The molecule has 0 spiro atoms. The van der Waals surface area contributed by atoms with Crippen LogP contribution in [0.4, 0.5) is 0 Å². The van der Waals surface area contributed by atoms with Crippen LogP contribution in [-0.4, -0.2) is 40.0 Å². The van der Waals surface area contributed by atoms with Gasteiger partial charge in [-0.05, 0) is 26.2 Å². The molecular weight excluding hydrogens is 272 g/mol. The molecule has 1 N–H and O–H groups in total. The third kappa shape index (κ3) is 3.80. The Morgan fingerprint density at radius 1 is 1.29 bits per heavy atom. The molecule has 1 rings (SSSR count). The Morgan fingerprint density at radius 3 is 2.38 bits per heavy atom. The van der Waals surface area contributed by atoms with Crippen molar-refractivity contribution in [3.8, 4) is 0 Å². The first kappa shape index (κ1) is 17.1. The van der Waals surface area contributed by atoms with Gasteiger partial charge in [-0.25, -0.2) is 9.48 Å². The van der Waals surface area contributed by atoms with Gasteiger partial charge in [0, 0.05) is 6.04 Å². The second kappa shape index (κ2) is 7.75. The summed E-state index contributed by atoms with van der Waals surface area (Å²) in [5.41, 5.74) is 0.774. The minimum absolute atomic E-state index is 0.125. The predicted molar refractivity (Wildman–Crippen MR) is 78.0 cm³/mol. The fourth-order valence-electron chi connectivity index (χ4n) is 2.13. The minimum atomic E-state index is -0.536. The lowest BCUT2D eigenvalue weighted by molar-refractivity contribution is -0.125. The molecule has 1 heterocycles. The van der Waals surface area contributed by atoms with Crippen LogP contribution in [0.3, 0.4) is 0 Å². The SMILES string of the molecule is CCc1c(C(=O)OC)nnn1C(C)C(=O)NC(CC)CC. The molecule has 1 atom stereocenters. The summed E-state index contributed by atoms with van der Waals surface area (Å²) in [4.78, 5) is 23.9. The van der Waals surface area contributed by atoms with Gasteiger partial charge in [-0.2, -0.15) is 0 Å². The third-order valence-electron chi connectivity index (χ3n) is 3.58. The summed E-state index contributed by atoms with van der Waals surface area (Å²) in [5, 5.41) is 10.8. The zero-order valence-corrected chi connectivity index (χ0v) is 13.3. The second-order valence-electron chi connectivity index (χ2n) is 4.87. The summed E-state index contributed by atoms with van der Waals surface area (Å²) in [6.07, 6.45) is 2.29. The Hall–Kier alpha value is -1.92. The number of ether oxygens (including phenoxy) is 1. The molecule has 1 amide bonds. The topological polar surface area (TPSA) is 86.1 Å². The number of carbonyl (C=O) groups is 2. The van der Waals surface area contributed by atoms with Gasteiger partial charge >= 0.3 is 5.97 Å². The Bertz CT molecular complexity index is 494. The average molecular weight is 296 g/mol. The number of nitrogens with one attached hydrogen (secondary N) is 1. The molecule has 0 aliphatic carbocycles. The highest BCUT2D eigenvalue weighted by molar-refractivity contribution is 5.88. The summed E-state index contributed by atoms with van der Waals surface area (Å²) >= 11 is 0. The van der Waals surface area contributed by atoms with E-state index in [1.165, 1.54) is 11.8 Å². The highest BCUT2D eigenvalue weighted by atomic mass is 16.5. The van der Waals surface area contributed by atoms with E-state index in [9.17, 15) is 9.59 Å². The number of rotatable bonds is 7. The molecular formula is C14H24N4O3. The predicted octanol–water partition coefficient (Wildman–Crippen LogP) is 1.49. The van der Waals surface area contributed by atoms with Crippen LogP contribution < -0.4 is 5.32 Å². The van der Waals surface area contributed by atoms with E-state index in [-0.39, 0.29) is 17.6 Å². The van der Waals surface area contributed by atoms with E-state index < -0.39 is 12.0 Å². The normalized spacial score (nSPS) is 12.3. The zero-order valence-electron chi connectivity index (χ0n) is 13.3. The Labute approximate surface area is 125 Å². The highest BCUT2D eigenvalue weighted by Crippen LogP contribution is 2.14. The van der Waals surface area contributed by atoms with E-state index in [0.717, 1.165) is 12.8 Å². The van der Waals surface area contributed by atoms with Crippen molar-refractivity contribution in [3.63, 3.8) is 0 Å². The van der Waals surface area contributed by atoms with Crippen LogP contribution in [-0.2, 0) is 16.0 Å². The lowest BCUT2D eigenvalue weighted by Crippen LogP contribution is -2.39. The first-order chi connectivity index (χ1) is 9.99. The Balaban J connectivity index is 2.97. The second-order valence-corrected chi connectivity index (χ2v) is 4.87. The summed E-state index contributed by atoms with van der Waals surface area (Å²) in [6, 6.07) is -0.375. The molecule has 0 aliphatic rings. The van der Waals surface area contributed by atoms with Gasteiger partial charge in [-0.15, -0.1) is 5.10 Å². The number of amides is 1. The van der Waals surface area contributed by atoms with Crippen molar-refractivity contribution < 1.29 is 14.3 Å². The molecule has 1 unspecified atom stereocenters. The largest absolute Gasteiger partial charge is 0.464 e. The number of esters is 1. The maximum atomic E-state index is 12.3. The van der Waals surface area contributed by atoms with E-state index in [1.807, 2.05) is 20.8 Å². The van der Waals surface area contributed by atoms with Crippen LogP contribution in [0.25, 0.3) is 0 Å². The standard InChI is InChI=1S/C14H24N4O3/c1-6-10(7-2)15-13(19)9(4)18-11(8-3)12(16-17-18)14(20)21-5/h9-10H,6-8H2,1-5H3,(H,15,19). The number of carbonyl (C=O) groups excluding carboxylic acids is 2. The number of nitrogens with zero attached hydrogens (tertiary/aromatic N) is 3. The molecule has 21 heavy (non-hydrogen) atoms. The first-order valence-corrected chi connectivity index (χ1v) is 7.32. The third-order valence-corrected chi connectivity index (χ3v) is 3.58. The van der Waals surface area contributed by atoms with Crippen molar-refractivity contribution in [1.82, 2.24) is 20.3 Å². The minimum Gasteiger partial charge on any atom is -0.464 e. The fourth-order valence-corrected chi connectivity index (χ4v) is 2.13. The molecule has 118 valence electrons. The first-order valence-electron chi connectivity index (χ1n) is 7.32. The van der Waals surface area contributed by atoms with Crippen molar-refractivity contribution in [2.75, 3.05) is 7.11 Å². The van der Waals surface area contributed by atoms with Gasteiger partial charge in [0.25, 0.3) is 0 Å². The van der Waals surface area contributed by atoms with Crippen LogP contribution >= 0.6 is 0 Å². The molecule has 0 aliphatic heterocycles. The maximum Gasteiger partial charge on any atom is 0.360 e. The van der Waals surface area contributed by atoms with E-state index in [1.54, 1.807) is 6.92 Å². The van der Waals surface area contributed by atoms with Crippen molar-refractivity contribution >= 4 is 11.9 Å². The molecule has 0 radical (unpaired) electrons. The maximum absolute atomic E-state index is 12.3. The number of hydrogen-bond donors (Lipinski definition) is 1. The van der Waals surface area contributed by atoms with E-state index in [4.69, 9.17) is 0 Å². The molecule has 0 saturated carbocycles. The molecule has 0 aromatic carbocycles. The summed E-state index contributed by atoms with van der Waals surface area (Å²) in [7, 11) is 1.30. The molecule has 1 aromatic heterocycles. The van der Waals surface area contributed by atoms with Crippen LogP contribution in [0, 0.1) is 0 Å². The number of hydrogen-bond acceptors (Lipinski definition) is 5. The molecule has 7 heteroatoms. The fraction of sp³-hybridized carbons (Fsp3) is 0.714. The molecule has 0 saturated heterocycles. The van der Waals surface area contributed by atoms with Crippen molar-refractivity contribution in [2.24, 2.45) is 0 Å². The van der Waals surface area contributed by atoms with E-state index >= 15 is 0 Å². The van der Waals surface area contributed by atoms with Crippen LogP contribution in [0.2, 0.25) is 0 Å². The Kier molecular flexibility index (Phi) is 6.33. The molecule has 1 aromatic rings. The smallest absolute Gasteiger partial charge is 0.360 e. The van der Waals surface area contributed by atoms with Crippen molar-refractivity contribution in [2.45, 2.75) is 59.0 Å². The van der Waals surface area contributed by atoms with Crippen LogP contribution in [0.5, 0.6) is 0 Å². The van der Waals surface area contributed by atoms with Gasteiger partial charge in [0.1, 0.15) is 6.04 Å². The number of aromatic nitrogens is 3. The average Bonchev–Trinajstić information content (AvgIpc) is 2.94. The number of methoxy groups -OCH3 is 1. The lowest BCUT2D eigenvalue weighted by Gasteiger charge is -2.19. The molecule has 0 bridgehead atoms. The van der Waals surface area contributed by atoms with E-state index in [2.05, 4.69) is 20.4 Å². The highest BCUT2D eigenvalue weighted by Gasteiger charge is 2.25. The lowest BCUT2D eigenvalue weighted by atomic mass is 10.1. The van der Waals surface area contributed by atoms with Gasteiger partial charge in [-0.1, -0.05) is 26.0 Å². The zero-order chi connectivity index (χ0) is 16.0. The summed E-state index contributed by atoms with van der Waals surface area (Å²) in [6.45, 7) is 7.68. The van der Waals surface area contributed by atoms with Gasteiger partial charge in [0.2, 0.25) is 5.91 Å². The monoisotopic (exact) mass is 296 g/mol.